The molecule has 0 bridgehead atoms. The SMILES string of the molecule is C[C@@H]1CN([C@H]2COc3cccc(F)c3[C@@H]2N)CCO1. The Morgan fingerprint density at radius 2 is 2.26 bits per heavy atom. The molecule has 0 spiro atoms. The number of nitrogens with zero attached hydrogens (tertiary/aromatic N) is 1. The van der Waals surface area contributed by atoms with E-state index in [1.165, 1.54) is 6.07 Å². The number of nitrogens with two attached hydrogens (primary N) is 1. The van der Waals surface area contributed by atoms with E-state index < -0.39 is 0 Å². The van der Waals surface area contributed by atoms with Crippen LogP contribution in [0.2, 0.25) is 0 Å². The van der Waals surface area contributed by atoms with Gasteiger partial charge in [0.05, 0.1) is 24.8 Å². The minimum atomic E-state index is -0.352. The molecule has 104 valence electrons. The molecule has 0 aliphatic carbocycles. The van der Waals surface area contributed by atoms with Gasteiger partial charge in [-0.15, -0.1) is 0 Å². The van der Waals surface area contributed by atoms with Crippen molar-refractivity contribution >= 4 is 0 Å². The molecular weight excluding hydrogens is 247 g/mol. The van der Waals surface area contributed by atoms with E-state index in [1.807, 2.05) is 6.92 Å². The zero-order valence-electron chi connectivity index (χ0n) is 11.0. The molecule has 4 nitrogen and oxygen atoms in total. The monoisotopic (exact) mass is 266 g/mol. The zero-order valence-corrected chi connectivity index (χ0v) is 11.0. The molecule has 1 aromatic rings. The Hall–Kier alpha value is -1.17. The highest BCUT2D eigenvalue weighted by molar-refractivity contribution is 5.39. The van der Waals surface area contributed by atoms with Crippen LogP contribution in [0, 0.1) is 5.82 Å². The summed E-state index contributed by atoms with van der Waals surface area (Å²) in [5.41, 5.74) is 6.76. The first-order valence-electron chi connectivity index (χ1n) is 6.69. The Bertz CT molecular complexity index is 469. The van der Waals surface area contributed by atoms with Crippen LogP contribution in [-0.4, -0.2) is 43.3 Å². The highest BCUT2D eigenvalue weighted by atomic mass is 19.1. The Morgan fingerprint density at radius 3 is 3.05 bits per heavy atom. The lowest BCUT2D eigenvalue weighted by Crippen LogP contribution is -2.54. The lowest BCUT2D eigenvalue weighted by Gasteiger charge is -2.42. The van der Waals surface area contributed by atoms with Crippen molar-refractivity contribution in [2.45, 2.75) is 25.1 Å². The predicted molar refractivity (Wildman–Crippen MR) is 69.6 cm³/mol. The van der Waals surface area contributed by atoms with E-state index in [9.17, 15) is 4.39 Å². The molecule has 0 radical (unpaired) electrons. The Morgan fingerprint density at radius 1 is 1.42 bits per heavy atom. The molecule has 3 rings (SSSR count). The van der Waals surface area contributed by atoms with Gasteiger partial charge in [0.15, 0.2) is 0 Å². The smallest absolute Gasteiger partial charge is 0.131 e. The first-order chi connectivity index (χ1) is 9.16. The van der Waals surface area contributed by atoms with Crippen molar-refractivity contribution in [2.24, 2.45) is 5.73 Å². The molecule has 0 saturated carbocycles. The Labute approximate surface area is 112 Å². The molecule has 19 heavy (non-hydrogen) atoms. The van der Waals surface area contributed by atoms with E-state index in [0.717, 1.165) is 13.1 Å². The number of hydrogen-bond acceptors (Lipinski definition) is 4. The molecule has 1 saturated heterocycles. The maximum absolute atomic E-state index is 13.9. The molecule has 2 N–H and O–H groups in total. The number of morpholine rings is 1. The lowest BCUT2D eigenvalue weighted by molar-refractivity contribution is -0.0481. The van der Waals surface area contributed by atoms with Gasteiger partial charge in [0.2, 0.25) is 0 Å². The summed E-state index contributed by atoms with van der Waals surface area (Å²) in [4.78, 5) is 2.24. The number of halogens is 1. The minimum Gasteiger partial charge on any atom is -0.491 e. The number of fused-ring (bicyclic) bond motifs is 1. The Balaban J connectivity index is 1.84. The first-order valence-corrected chi connectivity index (χ1v) is 6.69. The summed E-state index contributed by atoms with van der Waals surface area (Å²) in [6.45, 7) is 4.86. The largest absolute Gasteiger partial charge is 0.491 e. The zero-order chi connectivity index (χ0) is 13.4. The summed E-state index contributed by atoms with van der Waals surface area (Å²) < 4.78 is 25.1. The van der Waals surface area contributed by atoms with Gasteiger partial charge in [-0.25, -0.2) is 4.39 Å². The van der Waals surface area contributed by atoms with Crippen molar-refractivity contribution in [2.75, 3.05) is 26.3 Å². The maximum atomic E-state index is 13.9. The van der Waals surface area contributed by atoms with Gasteiger partial charge in [0.1, 0.15) is 18.2 Å². The van der Waals surface area contributed by atoms with Crippen LogP contribution in [0.4, 0.5) is 4.39 Å². The summed E-state index contributed by atoms with van der Waals surface area (Å²) in [7, 11) is 0. The molecule has 0 aromatic heterocycles. The van der Waals surface area contributed by atoms with Gasteiger partial charge in [0.25, 0.3) is 0 Å². The first kappa shape index (κ1) is 12.8. The van der Waals surface area contributed by atoms with Crippen molar-refractivity contribution < 1.29 is 13.9 Å². The van der Waals surface area contributed by atoms with Crippen LogP contribution in [0.25, 0.3) is 0 Å². The highest BCUT2D eigenvalue weighted by Gasteiger charge is 2.36. The van der Waals surface area contributed by atoms with Crippen LogP contribution in [0.15, 0.2) is 18.2 Å². The minimum absolute atomic E-state index is 0.00995. The third-order valence-electron chi connectivity index (χ3n) is 3.91. The standard InChI is InChI=1S/C14H19FN2O2/c1-9-7-17(5-6-18-9)11-8-19-12-4-2-3-10(15)13(12)14(11)16/h2-4,9,11,14H,5-8,16H2,1H3/t9-,11+,14-/m1/s1. The third kappa shape index (κ3) is 2.33. The quantitative estimate of drug-likeness (QED) is 0.832. The average Bonchev–Trinajstić information content (AvgIpc) is 2.39. The molecule has 2 aliphatic rings. The molecule has 2 heterocycles. The summed E-state index contributed by atoms with van der Waals surface area (Å²) >= 11 is 0. The van der Waals surface area contributed by atoms with E-state index in [1.54, 1.807) is 12.1 Å². The summed E-state index contributed by atoms with van der Waals surface area (Å²) in [6.07, 6.45) is 0.183. The van der Waals surface area contributed by atoms with Gasteiger partial charge in [-0.05, 0) is 19.1 Å². The van der Waals surface area contributed by atoms with Gasteiger partial charge >= 0.3 is 0 Å². The number of hydrogen-bond donors (Lipinski definition) is 1. The van der Waals surface area contributed by atoms with Crippen molar-refractivity contribution in [3.8, 4) is 5.75 Å². The van der Waals surface area contributed by atoms with Gasteiger partial charge in [0, 0.05) is 18.7 Å². The second kappa shape index (κ2) is 5.07. The molecular formula is C14H19FN2O2. The van der Waals surface area contributed by atoms with Crippen LogP contribution in [0.1, 0.15) is 18.5 Å². The van der Waals surface area contributed by atoms with Crippen LogP contribution >= 0.6 is 0 Å². The molecule has 3 atom stereocenters. The van der Waals surface area contributed by atoms with Crippen molar-refractivity contribution in [1.82, 2.24) is 4.90 Å². The third-order valence-corrected chi connectivity index (χ3v) is 3.91. The van der Waals surface area contributed by atoms with E-state index in [0.29, 0.717) is 24.5 Å². The van der Waals surface area contributed by atoms with Crippen LogP contribution < -0.4 is 10.5 Å². The molecule has 5 heteroatoms. The normalized spacial score (nSPS) is 31.6. The fourth-order valence-electron chi connectivity index (χ4n) is 2.92. The van der Waals surface area contributed by atoms with Crippen molar-refractivity contribution in [3.05, 3.63) is 29.6 Å². The van der Waals surface area contributed by atoms with Crippen LogP contribution in [-0.2, 0) is 4.74 Å². The fourth-order valence-corrected chi connectivity index (χ4v) is 2.92. The molecule has 0 unspecified atom stereocenters. The molecule has 1 fully saturated rings. The van der Waals surface area contributed by atoms with E-state index in [-0.39, 0.29) is 24.0 Å². The van der Waals surface area contributed by atoms with E-state index >= 15 is 0 Å². The van der Waals surface area contributed by atoms with Crippen LogP contribution in [0.5, 0.6) is 5.75 Å². The van der Waals surface area contributed by atoms with Gasteiger partial charge in [-0.2, -0.15) is 0 Å². The number of ether oxygens (including phenoxy) is 2. The summed E-state index contributed by atoms with van der Waals surface area (Å²) in [6, 6.07) is 4.52. The number of rotatable bonds is 1. The van der Waals surface area contributed by atoms with Gasteiger partial charge in [-0.1, -0.05) is 6.07 Å². The predicted octanol–water partition coefficient (Wildman–Crippen LogP) is 1.31. The van der Waals surface area contributed by atoms with E-state index in [2.05, 4.69) is 4.90 Å². The molecule has 1 aromatic carbocycles. The average molecular weight is 266 g/mol. The summed E-state index contributed by atoms with van der Waals surface area (Å²) in [5.74, 6) is 0.293. The van der Waals surface area contributed by atoms with Gasteiger partial charge < -0.3 is 15.2 Å². The Kier molecular flexibility index (Phi) is 3.43. The topological polar surface area (TPSA) is 47.7 Å². The van der Waals surface area contributed by atoms with E-state index in [4.69, 9.17) is 15.2 Å². The second-order valence-electron chi connectivity index (χ2n) is 5.23. The van der Waals surface area contributed by atoms with Crippen LogP contribution in [0.3, 0.4) is 0 Å². The highest BCUT2D eigenvalue weighted by Crippen LogP contribution is 2.35. The lowest BCUT2D eigenvalue weighted by atomic mass is 9.95. The van der Waals surface area contributed by atoms with Crippen molar-refractivity contribution in [3.63, 3.8) is 0 Å². The maximum Gasteiger partial charge on any atom is 0.131 e. The number of benzene rings is 1. The van der Waals surface area contributed by atoms with Gasteiger partial charge in [-0.3, -0.25) is 4.90 Å². The fraction of sp³-hybridized carbons (Fsp3) is 0.571. The molecule has 2 aliphatic heterocycles. The second-order valence-corrected chi connectivity index (χ2v) is 5.23. The van der Waals surface area contributed by atoms with Crippen molar-refractivity contribution in [1.29, 1.82) is 0 Å². The summed E-state index contributed by atoms with van der Waals surface area (Å²) in [5, 5.41) is 0. The molecule has 0 amide bonds.